The molecule has 2 rings (SSSR count). The molecule has 0 unspecified atom stereocenters. The van der Waals surface area contributed by atoms with E-state index in [1.807, 2.05) is 42.8 Å². The fraction of sp³-hybridized carbons (Fsp3) is 0.438. The Morgan fingerprint density at radius 3 is 2.62 bits per heavy atom. The maximum absolute atomic E-state index is 11.9. The average Bonchev–Trinajstić information content (AvgIpc) is 2.94. The van der Waals surface area contributed by atoms with Crippen LogP contribution in [0, 0.1) is 0 Å². The maximum atomic E-state index is 11.9. The van der Waals surface area contributed by atoms with Crippen LogP contribution in [0.3, 0.4) is 0 Å². The van der Waals surface area contributed by atoms with Crippen molar-refractivity contribution in [3.05, 3.63) is 24.3 Å². The minimum absolute atomic E-state index is 0.0162. The minimum atomic E-state index is -0.0569. The zero-order valence-corrected chi connectivity index (χ0v) is 15.1. The van der Waals surface area contributed by atoms with E-state index in [2.05, 4.69) is 15.5 Å². The maximum Gasteiger partial charge on any atom is 0.230 e. The minimum Gasteiger partial charge on any atom is -0.497 e. The Labute approximate surface area is 145 Å². The van der Waals surface area contributed by atoms with E-state index < -0.39 is 0 Å². The van der Waals surface area contributed by atoms with Gasteiger partial charge in [-0.05, 0) is 31.2 Å². The lowest BCUT2D eigenvalue weighted by atomic mass is 10.2. The second-order valence-electron chi connectivity index (χ2n) is 5.31. The van der Waals surface area contributed by atoms with Gasteiger partial charge >= 0.3 is 0 Å². The Hall–Kier alpha value is -2.06. The van der Waals surface area contributed by atoms with E-state index in [1.54, 1.807) is 14.2 Å². The molecule has 0 aliphatic carbocycles. The molecule has 0 radical (unpaired) electrons. The topological polar surface area (TPSA) is 78.3 Å². The fourth-order valence-corrected chi connectivity index (χ4v) is 2.89. The van der Waals surface area contributed by atoms with Crippen LogP contribution >= 0.6 is 11.8 Å². The Morgan fingerprint density at radius 1 is 1.29 bits per heavy atom. The van der Waals surface area contributed by atoms with Gasteiger partial charge in [0.2, 0.25) is 5.91 Å². The van der Waals surface area contributed by atoms with Crippen molar-refractivity contribution in [2.75, 3.05) is 26.6 Å². The van der Waals surface area contributed by atoms with Crippen LogP contribution in [0.15, 0.2) is 29.4 Å². The zero-order chi connectivity index (χ0) is 17.5. The summed E-state index contributed by atoms with van der Waals surface area (Å²) in [5.41, 5.74) is 0.941. The van der Waals surface area contributed by atoms with Gasteiger partial charge in [-0.3, -0.25) is 4.79 Å². The first-order valence-electron chi connectivity index (χ1n) is 7.50. The molecule has 0 spiro atoms. The molecule has 1 amide bonds. The van der Waals surface area contributed by atoms with Crippen molar-refractivity contribution >= 4 is 17.7 Å². The number of rotatable bonds is 8. The molecule has 1 atom stereocenters. The van der Waals surface area contributed by atoms with Crippen LogP contribution in [-0.2, 0) is 16.6 Å². The van der Waals surface area contributed by atoms with E-state index in [9.17, 15) is 4.79 Å². The molecular weight excluding hydrogens is 328 g/mol. The molecule has 1 aromatic carbocycles. The number of carbonyl (C=O) groups excluding carboxylic acids is 1. The number of benzene rings is 1. The standard InChI is InChI=1S/C16H22N4O3S/c1-11(9-22-3)17-14(21)10-24-16-19-18-15(20(16)2)12-5-7-13(23-4)8-6-12/h5-8,11H,9-10H2,1-4H3,(H,17,21)/t11-/m0/s1. The molecule has 1 heterocycles. The van der Waals surface area contributed by atoms with Crippen LogP contribution in [-0.4, -0.2) is 53.3 Å². The molecule has 0 bridgehead atoms. The van der Waals surface area contributed by atoms with Crippen LogP contribution in [0.1, 0.15) is 6.92 Å². The molecule has 7 nitrogen and oxygen atoms in total. The summed E-state index contributed by atoms with van der Waals surface area (Å²) in [6.45, 7) is 2.39. The smallest absolute Gasteiger partial charge is 0.230 e. The largest absolute Gasteiger partial charge is 0.497 e. The second kappa shape index (κ2) is 8.70. The molecule has 1 aromatic heterocycles. The normalized spacial score (nSPS) is 12.0. The highest BCUT2D eigenvalue weighted by Gasteiger charge is 2.14. The molecule has 8 heteroatoms. The molecule has 24 heavy (non-hydrogen) atoms. The molecule has 1 N–H and O–H groups in total. The number of ether oxygens (including phenoxy) is 2. The summed E-state index contributed by atoms with van der Waals surface area (Å²) in [5, 5.41) is 11.9. The molecule has 130 valence electrons. The third-order valence-electron chi connectivity index (χ3n) is 3.34. The molecule has 0 aliphatic rings. The summed E-state index contributed by atoms with van der Waals surface area (Å²) in [4.78, 5) is 11.9. The molecule has 0 aliphatic heterocycles. The van der Waals surface area contributed by atoms with Gasteiger partial charge in [0.05, 0.1) is 19.5 Å². The summed E-state index contributed by atoms with van der Waals surface area (Å²) in [5.74, 6) is 1.76. The van der Waals surface area contributed by atoms with Crippen molar-refractivity contribution in [2.24, 2.45) is 7.05 Å². The molecular formula is C16H22N4O3S. The Bertz CT molecular complexity index is 672. The first-order valence-corrected chi connectivity index (χ1v) is 8.48. The molecule has 0 saturated heterocycles. The fourth-order valence-electron chi connectivity index (χ4n) is 2.17. The Morgan fingerprint density at radius 2 is 2.00 bits per heavy atom. The lowest BCUT2D eigenvalue weighted by Gasteiger charge is -2.12. The van der Waals surface area contributed by atoms with Crippen LogP contribution in [0.2, 0.25) is 0 Å². The highest BCUT2D eigenvalue weighted by molar-refractivity contribution is 7.99. The number of hydrogen-bond acceptors (Lipinski definition) is 6. The van der Waals surface area contributed by atoms with Gasteiger partial charge in [-0.1, -0.05) is 11.8 Å². The van der Waals surface area contributed by atoms with Gasteiger partial charge in [-0.2, -0.15) is 0 Å². The number of nitrogens with one attached hydrogen (secondary N) is 1. The SMILES string of the molecule is COC[C@H](C)NC(=O)CSc1nnc(-c2ccc(OC)cc2)n1C. The second-order valence-corrected chi connectivity index (χ2v) is 6.25. The van der Waals surface area contributed by atoms with Gasteiger partial charge < -0.3 is 19.4 Å². The molecule has 0 saturated carbocycles. The number of aromatic nitrogens is 3. The number of hydrogen-bond donors (Lipinski definition) is 1. The zero-order valence-electron chi connectivity index (χ0n) is 14.3. The van der Waals surface area contributed by atoms with Crippen molar-refractivity contribution in [3.63, 3.8) is 0 Å². The van der Waals surface area contributed by atoms with Gasteiger partial charge in [0.25, 0.3) is 0 Å². The van der Waals surface area contributed by atoms with Gasteiger partial charge in [0.1, 0.15) is 5.75 Å². The van der Waals surface area contributed by atoms with Crippen molar-refractivity contribution in [1.29, 1.82) is 0 Å². The van der Waals surface area contributed by atoms with E-state index in [0.29, 0.717) is 11.8 Å². The van der Waals surface area contributed by atoms with Crippen LogP contribution in [0.4, 0.5) is 0 Å². The quantitative estimate of drug-likeness (QED) is 0.731. The number of carbonyl (C=O) groups is 1. The predicted molar refractivity (Wildman–Crippen MR) is 93.2 cm³/mol. The highest BCUT2D eigenvalue weighted by atomic mass is 32.2. The number of methoxy groups -OCH3 is 2. The van der Waals surface area contributed by atoms with Crippen molar-refractivity contribution in [2.45, 2.75) is 18.1 Å². The van der Waals surface area contributed by atoms with Crippen LogP contribution < -0.4 is 10.1 Å². The molecule has 0 fully saturated rings. The van der Waals surface area contributed by atoms with Crippen molar-refractivity contribution < 1.29 is 14.3 Å². The number of thioether (sulfide) groups is 1. The predicted octanol–water partition coefficient (Wildman–Crippen LogP) is 1.73. The third kappa shape index (κ3) is 4.72. The van der Waals surface area contributed by atoms with Gasteiger partial charge in [-0.25, -0.2) is 0 Å². The summed E-state index contributed by atoms with van der Waals surface area (Å²) < 4.78 is 12.0. The first-order chi connectivity index (χ1) is 11.5. The van der Waals surface area contributed by atoms with E-state index in [0.717, 1.165) is 17.1 Å². The number of nitrogens with zero attached hydrogens (tertiary/aromatic N) is 3. The van der Waals surface area contributed by atoms with E-state index in [-0.39, 0.29) is 17.7 Å². The average molecular weight is 350 g/mol. The van der Waals surface area contributed by atoms with Crippen molar-refractivity contribution in [1.82, 2.24) is 20.1 Å². The number of amides is 1. The van der Waals surface area contributed by atoms with E-state index in [4.69, 9.17) is 9.47 Å². The monoisotopic (exact) mass is 350 g/mol. The third-order valence-corrected chi connectivity index (χ3v) is 4.36. The van der Waals surface area contributed by atoms with Gasteiger partial charge in [0, 0.05) is 25.8 Å². The lowest BCUT2D eigenvalue weighted by molar-refractivity contribution is -0.119. The summed E-state index contributed by atoms with van der Waals surface area (Å²) in [7, 11) is 5.12. The Kier molecular flexibility index (Phi) is 6.62. The van der Waals surface area contributed by atoms with E-state index in [1.165, 1.54) is 11.8 Å². The van der Waals surface area contributed by atoms with Gasteiger partial charge in [-0.15, -0.1) is 10.2 Å². The van der Waals surface area contributed by atoms with Crippen LogP contribution in [0.5, 0.6) is 5.75 Å². The lowest BCUT2D eigenvalue weighted by Crippen LogP contribution is -2.36. The highest BCUT2D eigenvalue weighted by Crippen LogP contribution is 2.24. The van der Waals surface area contributed by atoms with E-state index >= 15 is 0 Å². The summed E-state index contributed by atoms with van der Waals surface area (Å²) >= 11 is 1.35. The Balaban J connectivity index is 1.98. The summed E-state index contributed by atoms with van der Waals surface area (Å²) in [6.07, 6.45) is 0. The summed E-state index contributed by atoms with van der Waals surface area (Å²) in [6, 6.07) is 7.59. The molecule has 2 aromatic rings. The first kappa shape index (κ1) is 18.3. The van der Waals surface area contributed by atoms with Gasteiger partial charge in [0.15, 0.2) is 11.0 Å². The van der Waals surface area contributed by atoms with Crippen LogP contribution in [0.25, 0.3) is 11.4 Å². The van der Waals surface area contributed by atoms with Crippen molar-refractivity contribution in [3.8, 4) is 17.1 Å².